The predicted octanol–water partition coefficient (Wildman–Crippen LogP) is 5.08. The van der Waals surface area contributed by atoms with Crippen LogP contribution < -0.4 is 4.74 Å². The summed E-state index contributed by atoms with van der Waals surface area (Å²) in [5.74, 6) is 0.423. The standard InChI is InChI=1S/C15H11Cl3O2/c1-20-14-6-5-10(16)7-9(14)8-13(19)15-11(17)3-2-4-12(15)18/h2-7H,8H2,1H3. The zero-order chi connectivity index (χ0) is 14.7. The van der Waals surface area contributed by atoms with Gasteiger partial charge < -0.3 is 4.74 Å². The molecule has 2 aromatic carbocycles. The lowest BCUT2D eigenvalue weighted by Crippen LogP contribution is -2.06. The van der Waals surface area contributed by atoms with Crippen LogP contribution in [-0.4, -0.2) is 12.9 Å². The fourth-order valence-corrected chi connectivity index (χ4v) is 2.71. The number of carbonyl (C=O) groups is 1. The van der Waals surface area contributed by atoms with Crippen molar-refractivity contribution in [3.05, 3.63) is 62.6 Å². The lowest BCUT2D eigenvalue weighted by Gasteiger charge is -2.10. The van der Waals surface area contributed by atoms with Gasteiger partial charge in [0.15, 0.2) is 5.78 Å². The third-order valence-electron chi connectivity index (χ3n) is 2.84. The van der Waals surface area contributed by atoms with Crippen LogP contribution in [0.5, 0.6) is 5.75 Å². The number of rotatable bonds is 4. The average Bonchev–Trinajstić information content (AvgIpc) is 2.38. The SMILES string of the molecule is COc1ccc(Cl)cc1CC(=O)c1c(Cl)cccc1Cl. The maximum absolute atomic E-state index is 12.4. The number of Topliss-reactive ketones (excluding diaryl/α,β-unsaturated/α-hetero) is 1. The van der Waals surface area contributed by atoms with Crippen LogP contribution in [0.15, 0.2) is 36.4 Å². The number of ether oxygens (including phenoxy) is 1. The highest BCUT2D eigenvalue weighted by atomic mass is 35.5. The highest BCUT2D eigenvalue weighted by Gasteiger charge is 2.17. The number of halogens is 3. The highest BCUT2D eigenvalue weighted by Crippen LogP contribution is 2.28. The maximum Gasteiger partial charge on any atom is 0.170 e. The predicted molar refractivity (Wildman–Crippen MR) is 82.5 cm³/mol. The quantitative estimate of drug-likeness (QED) is 0.731. The van der Waals surface area contributed by atoms with Crippen molar-refractivity contribution in [3.63, 3.8) is 0 Å². The zero-order valence-electron chi connectivity index (χ0n) is 10.6. The summed E-state index contributed by atoms with van der Waals surface area (Å²) in [6.07, 6.45) is 0.118. The van der Waals surface area contributed by atoms with Crippen LogP contribution in [0.4, 0.5) is 0 Å². The lowest BCUT2D eigenvalue weighted by molar-refractivity contribution is 0.0992. The molecule has 0 radical (unpaired) electrons. The smallest absolute Gasteiger partial charge is 0.170 e. The first-order valence-corrected chi connectivity index (χ1v) is 6.96. The molecule has 0 atom stereocenters. The molecule has 20 heavy (non-hydrogen) atoms. The third-order valence-corrected chi connectivity index (χ3v) is 3.70. The van der Waals surface area contributed by atoms with Gasteiger partial charge in [0.1, 0.15) is 5.75 Å². The van der Waals surface area contributed by atoms with Gasteiger partial charge in [0, 0.05) is 17.0 Å². The molecular weight excluding hydrogens is 319 g/mol. The fraction of sp³-hybridized carbons (Fsp3) is 0.133. The molecule has 2 nitrogen and oxygen atoms in total. The summed E-state index contributed by atoms with van der Waals surface area (Å²) in [5, 5.41) is 1.21. The van der Waals surface area contributed by atoms with E-state index in [-0.39, 0.29) is 12.2 Å². The molecule has 0 saturated carbocycles. The molecule has 5 heteroatoms. The Morgan fingerprint density at radius 1 is 1.10 bits per heavy atom. The molecule has 0 heterocycles. The van der Waals surface area contributed by atoms with Gasteiger partial charge in [-0.25, -0.2) is 0 Å². The normalized spacial score (nSPS) is 10.4. The molecule has 0 aliphatic heterocycles. The van der Waals surface area contributed by atoms with E-state index in [1.807, 2.05) is 0 Å². The Hall–Kier alpha value is -1.22. The van der Waals surface area contributed by atoms with Crippen LogP contribution in [0.25, 0.3) is 0 Å². The number of ketones is 1. The summed E-state index contributed by atoms with van der Waals surface area (Å²) in [6, 6.07) is 10.1. The Bertz CT molecular complexity index is 633. The van der Waals surface area contributed by atoms with Crippen LogP contribution in [0.1, 0.15) is 15.9 Å². The first-order valence-electron chi connectivity index (χ1n) is 5.82. The van der Waals surface area contributed by atoms with Crippen molar-refractivity contribution in [3.8, 4) is 5.75 Å². The van der Waals surface area contributed by atoms with Crippen LogP contribution in [0.2, 0.25) is 15.1 Å². The molecule has 0 aromatic heterocycles. The monoisotopic (exact) mass is 328 g/mol. The van der Waals surface area contributed by atoms with Crippen molar-refractivity contribution in [2.24, 2.45) is 0 Å². The van der Waals surface area contributed by atoms with Gasteiger partial charge in [-0.2, -0.15) is 0 Å². The minimum atomic E-state index is -0.179. The van der Waals surface area contributed by atoms with Gasteiger partial charge in [0.25, 0.3) is 0 Å². The molecule has 104 valence electrons. The van der Waals surface area contributed by atoms with Gasteiger partial charge >= 0.3 is 0 Å². The van der Waals surface area contributed by atoms with Crippen LogP contribution in [0.3, 0.4) is 0 Å². The van der Waals surface area contributed by atoms with Gasteiger partial charge in [-0.05, 0) is 30.3 Å². The molecule has 0 amide bonds. The van der Waals surface area contributed by atoms with E-state index >= 15 is 0 Å². The Morgan fingerprint density at radius 2 is 1.75 bits per heavy atom. The van der Waals surface area contributed by atoms with E-state index in [1.165, 1.54) is 0 Å². The summed E-state index contributed by atoms with van der Waals surface area (Å²) < 4.78 is 5.22. The first-order chi connectivity index (χ1) is 9.52. The second kappa shape index (κ2) is 6.49. The molecular formula is C15H11Cl3O2. The van der Waals surface area contributed by atoms with Crippen LogP contribution >= 0.6 is 34.8 Å². The van der Waals surface area contributed by atoms with Crippen molar-refractivity contribution >= 4 is 40.6 Å². The highest BCUT2D eigenvalue weighted by molar-refractivity contribution is 6.39. The van der Waals surface area contributed by atoms with Crippen molar-refractivity contribution < 1.29 is 9.53 Å². The molecule has 0 aliphatic carbocycles. The van der Waals surface area contributed by atoms with Gasteiger partial charge in [0.05, 0.1) is 22.7 Å². The topological polar surface area (TPSA) is 26.3 Å². The Balaban J connectivity index is 2.35. The van der Waals surface area contributed by atoms with E-state index in [9.17, 15) is 4.79 Å². The number of carbonyl (C=O) groups excluding carboxylic acids is 1. The number of methoxy groups -OCH3 is 1. The Morgan fingerprint density at radius 3 is 2.35 bits per heavy atom. The van der Waals surface area contributed by atoms with Crippen LogP contribution in [-0.2, 0) is 6.42 Å². The molecule has 0 N–H and O–H groups in total. The van der Waals surface area contributed by atoms with E-state index < -0.39 is 0 Å². The van der Waals surface area contributed by atoms with Crippen molar-refractivity contribution in [2.45, 2.75) is 6.42 Å². The minimum Gasteiger partial charge on any atom is -0.496 e. The maximum atomic E-state index is 12.4. The van der Waals surface area contributed by atoms with Crippen molar-refractivity contribution in [1.29, 1.82) is 0 Å². The van der Waals surface area contributed by atoms with E-state index in [4.69, 9.17) is 39.5 Å². The van der Waals surface area contributed by atoms with E-state index in [2.05, 4.69) is 0 Å². The molecule has 0 fully saturated rings. The molecule has 0 bridgehead atoms. The van der Waals surface area contributed by atoms with E-state index in [1.54, 1.807) is 43.5 Å². The molecule has 2 aromatic rings. The Labute approximate surface area is 132 Å². The van der Waals surface area contributed by atoms with Crippen molar-refractivity contribution in [2.75, 3.05) is 7.11 Å². The second-order valence-corrected chi connectivity index (χ2v) is 5.40. The lowest BCUT2D eigenvalue weighted by atomic mass is 10.0. The second-order valence-electron chi connectivity index (χ2n) is 4.15. The molecule has 0 saturated heterocycles. The largest absolute Gasteiger partial charge is 0.496 e. The van der Waals surface area contributed by atoms with E-state index in [0.29, 0.717) is 31.9 Å². The summed E-state index contributed by atoms with van der Waals surface area (Å²) in [7, 11) is 1.54. The van der Waals surface area contributed by atoms with Crippen molar-refractivity contribution in [1.82, 2.24) is 0 Å². The minimum absolute atomic E-state index is 0.118. The summed E-state index contributed by atoms with van der Waals surface area (Å²) >= 11 is 18.0. The van der Waals surface area contributed by atoms with Crippen LogP contribution in [0, 0.1) is 0 Å². The third kappa shape index (κ3) is 3.26. The van der Waals surface area contributed by atoms with Gasteiger partial charge in [0.2, 0.25) is 0 Å². The number of benzene rings is 2. The number of hydrogen-bond acceptors (Lipinski definition) is 2. The first kappa shape index (κ1) is 15.2. The zero-order valence-corrected chi connectivity index (χ0v) is 12.9. The molecule has 2 rings (SSSR count). The molecule has 0 unspecified atom stereocenters. The molecule has 0 aliphatic rings. The summed E-state index contributed by atoms with van der Waals surface area (Å²) in [5.41, 5.74) is 1.01. The number of hydrogen-bond donors (Lipinski definition) is 0. The fourth-order valence-electron chi connectivity index (χ4n) is 1.91. The Kier molecular flexibility index (Phi) is 4.92. The summed E-state index contributed by atoms with van der Waals surface area (Å²) in [6.45, 7) is 0. The average molecular weight is 330 g/mol. The van der Waals surface area contributed by atoms with Gasteiger partial charge in [-0.15, -0.1) is 0 Å². The summed E-state index contributed by atoms with van der Waals surface area (Å²) in [4.78, 5) is 12.4. The van der Waals surface area contributed by atoms with E-state index in [0.717, 1.165) is 0 Å². The van der Waals surface area contributed by atoms with Gasteiger partial charge in [-0.1, -0.05) is 40.9 Å². The van der Waals surface area contributed by atoms with Gasteiger partial charge in [-0.3, -0.25) is 4.79 Å². The molecule has 0 spiro atoms.